The van der Waals surface area contributed by atoms with Gasteiger partial charge in [-0.05, 0) is 44.8 Å². The van der Waals surface area contributed by atoms with Gasteiger partial charge in [0, 0.05) is 0 Å². The molecule has 114 valence electrons. The summed E-state index contributed by atoms with van der Waals surface area (Å²) in [5.74, 6) is -2.35. The van der Waals surface area contributed by atoms with Crippen LogP contribution in [0.2, 0.25) is 0 Å². The van der Waals surface area contributed by atoms with Gasteiger partial charge in [-0.3, -0.25) is 0 Å². The van der Waals surface area contributed by atoms with E-state index < -0.39 is 32.6 Å². The third-order valence-corrected chi connectivity index (χ3v) is 6.56. The number of halogens is 5. The number of alkyl halides is 3. The molecule has 0 aliphatic rings. The first-order chi connectivity index (χ1) is 8.81. The molecule has 0 saturated heterocycles. The van der Waals surface area contributed by atoms with Gasteiger partial charge in [-0.15, -0.1) is 11.3 Å². The highest BCUT2D eigenvalue weighted by Crippen LogP contribution is 2.37. The molecule has 0 amide bonds. The van der Waals surface area contributed by atoms with Crippen molar-refractivity contribution < 1.29 is 31.5 Å². The van der Waals surface area contributed by atoms with Gasteiger partial charge in [0.2, 0.25) is 15.6 Å². The smallest absolute Gasteiger partial charge is 0.418 e. The lowest BCUT2D eigenvalue weighted by Gasteiger charge is -2.28. The Morgan fingerprint density at radius 3 is 2.20 bits per heavy atom. The van der Waals surface area contributed by atoms with Gasteiger partial charge >= 0.3 is 12.1 Å². The number of nitrogens with one attached hydrogen (secondary N) is 1. The van der Waals surface area contributed by atoms with Crippen LogP contribution in [0, 0.1) is 0 Å². The predicted octanol–water partition coefficient (Wildman–Crippen LogP) is 2.96. The van der Waals surface area contributed by atoms with E-state index in [0.717, 1.165) is 17.4 Å². The van der Waals surface area contributed by atoms with Crippen LogP contribution in [0.3, 0.4) is 0 Å². The van der Waals surface area contributed by atoms with Gasteiger partial charge < -0.3 is 5.11 Å². The van der Waals surface area contributed by atoms with Crippen molar-refractivity contribution in [3.63, 3.8) is 0 Å². The van der Waals surface area contributed by atoms with Gasteiger partial charge in [0.1, 0.15) is 4.90 Å². The highest BCUT2D eigenvalue weighted by atomic mass is 79.9. The number of rotatable bonds is 4. The average molecular weight is 461 g/mol. The molecule has 1 aromatic rings. The summed E-state index contributed by atoms with van der Waals surface area (Å²) in [4.78, 5) is 10.3. The molecule has 0 bridgehead atoms. The molecule has 0 fully saturated rings. The second kappa shape index (κ2) is 5.55. The molecule has 2 N–H and O–H groups in total. The molecule has 1 unspecified atom stereocenters. The van der Waals surface area contributed by atoms with Crippen molar-refractivity contribution in [2.24, 2.45) is 0 Å². The predicted molar refractivity (Wildman–Crippen MR) is 72.1 cm³/mol. The van der Waals surface area contributed by atoms with Crippen LogP contribution in [-0.4, -0.2) is 31.2 Å². The van der Waals surface area contributed by atoms with Crippen LogP contribution in [0.4, 0.5) is 13.2 Å². The molecule has 0 aromatic carbocycles. The van der Waals surface area contributed by atoms with Gasteiger partial charge in [0.15, 0.2) is 0 Å². The molecule has 1 atom stereocenters. The minimum absolute atomic E-state index is 0.0480. The zero-order chi connectivity index (χ0) is 15.9. The summed E-state index contributed by atoms with van der Waals surface area (Å²) in [6.07, 6.45) is -5.30. The van der Waals surface area contributed by atoms with E-state index in [1.807, 2.05) is 0 Å². The van der Waals surface area contributed by atoms with Crippen LogP contribution in [0.1, 0.15) is 6.92 Å². The van der Waals surface area contributed by atoms with Crippen LogP contribution < -0.4 is 4.72 Å². The molecule has 0 radical (unpaired) electrons. The molecule has 1 aromatic heterocycles. The SMILES string of the molecule is CC(NS(=O)(=O)c1cc(Br)sc1Br)(C(=O)O)C(F)(F)F. The van der Waals surface area contributed by atoms with E-state index in [4.69, 9.17) is 5.11 Å². The van der Waals surface area contributed by atoms with Crippen LogP contribution in [0.25, 0.3) is 0 Å². The first-order valence-electron chi connectivity index (χ1n) is 4.60. The summed E-state index contributed by atoms with van der Waals surface area (Å²) in [6.45, 7) is 0.238. The summed E-state index contributed by atoms with van der Waals surface area (Å²) in [6, 6.07) is 1.07. The molecule has 0 saturated carbocycles. The van der Waals surface area contributed by atoms with Crippen molar-refractivity contribution in [2.75, 3.05) is 0 Å². The largest absolute Gasteiger partial charge is 0.480 e. The van der Waals surface area contributed by atoms with Crippen molar-refractivity contribution in [1.29, 1.82) is 0 Å². The van der Waals surface area contributed by atoms with E-state index in [2.05, 4.69) is 31.9 Å². The number of carboxylic acids is 1. The molecule has 5 nitrogen and oxygen atoms in total. The minimum Gasteiger partial charge on any atom is -0.480 e. The fourth-order valence-corrected chi connectivity index (χ4v) is 6.22. The highest BCUT2D eigenvalue weighted by Gasteiger charge is 2.59. The second-order valence-corrected chi connectivity index (χ2v) is 9.12. The molecular formula is C8H6Br2F3NO4S2. The standard InChI is InChI=1S/C8H6Br2F3NO4S2/c1-7(6(15)16,8(11,12)13)14-20(17,18)3-2-4(9)19-5(3)10/h2,14H,1H3,(H,15,16). The maximum absolute atomic E-state index is 12.8. The number of hydrogen-bond donors (Lipinski definition) is 2. The molecule has 1 heterocycles. The lowest BCUT2D eigenvalue weighted by atomic mass is 10.0. The van der Waals surface area contributed by atoms with Crippen molar-refractivity contribution in [3.05, 3.63) is 13.6 Å². The Kier molecular flexibility index (Phi) is 4.97. The zero-order valence-electron chi connectivity index (χ0n) is 9.46. The monoisotopic (exact) mass is 459 g/mol. The Hall–Kier alpha value is -0.170. The molecule has 20 heavy (non-hydrogen) atoms. The number of hydrogen-bond acceptors (Lipinski definition) is 4. The Morgan fingerprint density at radius 2 is 1.90 bits per heavy atom. The molecule has 1 rings (SSSR count). The quantitative estimate of drug-likeness (QED) is 0.723. The number of carbonyl (C=O) groups is 1. The fraction of sp³-hybridized carbons (Fsp3) is 0.375. The molecule has 0 aliphatic carbocycles. The van der Waals surface area contributed by atoms with E-state index in [1.165, 1.54) is 4.72 Å². The lowest BCUT2D eigenvalue weighted by molar-refractivity contribution is -0.201. The fourth-order valence-electron chi connectivity index (χ4n) is 1.05. The van der Waals surface area contributed by atoms with Crippen molar-refractivity contribution >= 4 is 59.2 Å². The average Bonchev–Trinajstić information content (AvgIpc) is 2.55. The Labute approximate surface area is 132 Å². The van der Waals surface area contributed by atoms with Gasteiger partial charge in [-0.2, -0.15) is 17.9 Å². The first-order valence-corrected chi connectivity index (χ1v) is 8.49. The Morgan fingerprint density at radius 1 is 1.40 bits per heavy atom. The second-order valence-electron chi connectivity index (χ2n) is 3.72. The summed E-state index contributed by atoms with van der Waals surface area (Å²) < 4.78 is 63.8. The third-order valence-electron chi connectivity index (χ3n) is 2.25. The summed E-state index contributed by atoms with van der Waals surface area (Å²) >= 11 is 6.79. The topological polar surface area (TPSA) is 83.5 Å². The van der Waals surface area contributed by atoms with E-state index in [1.54, 1.807) is 0 Å². The Balaban J connectivity index is 3.31. The summed E-state index contributed by atoms with van der Waals surface area (Å²) in [7, 11) is -4.67. The summed E-state index contributed by atoms with van der Waals surface area (Å²) in [5, 5.41) is 8.69. The molecular weight excluding hydrogens is 455 g/mol. The van der Waals surface area contributed by atoms with Gasteiger partial charge in [0.05, 0.1) is 7.57 Å². The van der Waals surface area contributed by atoms with Crippen LogP contribution in [0.5, 0.6) is 0 Å². The molecule has 0 spiro atoms. The lowest BCUT2D eigenvalue weighted by Crippen LogP contribution is -2.61. The summed E-state index contributed by atoms with van der Waals surface area (Å²) in [5.41, 5.74) is -3.63. The van der Waals surface area contributed by atoms with Crippen molar-refractivity contribution in [1.82, 2.24) is 4.72 Å². The van der Waals surface area contributed by atoms with E-state index in [-0.39, 0.29) is 10.7 Å². The maximum Gasteiger partial charge on any atom is 0.418 e. The molecule has 12 heteroatoms. The van der Waals surface area contributed by atoms with Gasteiger partial charge in [-0.1, -0.05) is 0 Å². The zero-order valence-corrected chi connectivity index (χ0v) is 14.3. The van der Waals surface area contributed by atoms with E-state index in [9.17, 15) is 26.4 Å². The number of carboxylic acid groups (broad SMARTS) is 1. The molecule has 0 aliphatic heterocycles. The third kappa shape index (κ3) is 3.35. The van der Waals surface area contributed by atoms with Crippen molar-refractivity contribution in [2.45, 2.75) is 23.5 Å². The van der Waals surface area contributed by atoms with Crippen molar-refractivity contribution in [3.8, 4) is 0 Å². The first kappa shape index (κ1) is 17.9. The van der Waals surface area contributed by atoms with E-state index >= 15 is 0 Å². The van der Waals surface area contributed by atoms with E-state index in [0.29, 0.717) is 3.79 Å². The number of thiophene rings is 1. The minimum atomic E-state index is -5.30. The van der Waals surface area contributed by atoms with Crippen LogP contribution in [-0.2, 0) is 14.8 Å². The van der Waals surface area contributed by atoms with Crippen LogP contribution in [0.15, 0.2) is 18.5 Å². The Bertz CT molecular complexity index is 643. The number of aliphatic carboxylic acids is 1. The normalized spacial score (nSPS) is 15.9. The maximum atomic E-state index is 12.8. The van der Waals surface area contributed by atoms with Gasteiger partial charge in [0.25, 0.3) is 0 Å². The van der Waals surface area contributed by atoms with Gasteiger partial charge in [-0.25, -0.2) is 13.2 Å². The van der Waals surface area contributed by atoms with Crippen LogP contribution >= 0.6 is 43.2 Å². The highest BCUT2D eigenvalue weighted by molar-refractivity contribution is 9.12. The number of sulfonamides is 1.